The summed E-state index contributed by atoms with van der Waals surface area (Å²) in [6.45, 7) is 4.23. The number of thiazole rings is 1. The summed E-state index contributed by atoms with van der Waals surface area (Å²) in [4.78, 5) is 17.0. The zero-order chi connectivity index (χ0) is 19.6. The van der Waals surface area contributed by atoms with Crippen molar-refractivity contribution < 1.29 is 17.6 Å². The molecule has 1 aliphatic rings. The second-order valence-electron chi connectivity index (χ2n) is 6.61. The van der Waals surface area contributed by atoms with Crippen molar-refractivity contribution in [2.75, 3.05) is 11.9 Å². The van der Waals surface area contributed by atoms with E-state index in [4.69, 9.17) is 0 Å². The van der Waals surface area contributed by atoms with Crippen LogP contribution in [0.2, 0.25) is 0 Å². The van der Waals surface area contributed by atoms with E-state index in [1.54, 1.807) is 6.07 Å². The Bertz CT molecular complexity index is 943. The number of hydrogen-bond acceptors (Lipinski definition) is 5. The molecule has 1 aromatic carbocycles. The van der Waals surface area contributed by atoms with Gasteiger partial charge in [0.15, 0.2) is 5.13 Å². The second kappa shape index (κ2) is 7.91. The van der Waals surface area contributed by atoms with E-state index in [1.165, 1.54) is 33.8 Å². The molecule has 0 atom stereocenters. The van der Waals surface area contributed by atoms with E-state index < -0.39 is 15.8 Å². The summed E-state index contributed by atoms with van der Waals surface area (Å²) in [7, 11) is -3.58. The fourth-order valence-corrected chi connectivity index (χ4v) is 5.37. The maximum absolute atomic E-state index is 13.3. The highest BCUT2D eigenvalue weighted by molar-refractivity contribution is 7.88. The third-order valence-corrected chi connectivity index (χ3v) is 6.76. The largest absolute Gasteiger partial charge is 0.336 e. The van der Waals surface area contributed by atoms with Gasteiger partial charge in [-0.15, -0.1) is 0 Å². The lowest BCUT2D eigenvalue weighted by molar-refractivity contribution is 0.250. The van der Waals surface area contributed by atoms with E-state index in [-0.39, 0.29) is 24.4 Å². The highest BCUT2D eigenvalue weighted by Gasteiger charge is 2.29. The number of amides is 2. The van der Waals surface area contributed by atoms with E-state index in [1.807, 2.05) is 13.8 Å². The van der Waals surface area contributed by atoms with Gasteiger partial charge in [-0.25, -0.2) is 22.6 Å². The fourth-order valence-electron chi connectivity index (χ4n) is 2.79. The Labute approximate surface area is 161 Å². The molecule has 10 heteroatoms. The third kappa shape index (κ3) is 5.02. The van der Waals surface area contributed by atoms with Crippen LogP contribution in [0.15, 0.2) is 24.3 Å². The van der Waals surface area contributed by atoms with Gasteiger partial charge in [-0.2, -0.15) is 4.31 Å². The van der Waals surface area contributed by atoms with E-state index in [9.17, 15) is 17.6 Å². The van der Waals surface area contributed by atoms with Crippen LogP contribution in [-0.2, 0) is 28.7 Å². The van der Waals surface area contributed by atoms with Crippen molar-refractivity contribution in [2.45, 2.75) is 38.6 Å². The number of hydrogen-bond donors (Lipinski definition) is 2. The van der Waals surface area contributed by atoms with Crippen LogP contribution in [0.5, 0.6) is 0 Å². The molecule has 2 N–H and O–H groups in total. The van der Waals surface area contributed by atoms with Gasteiger partial charge in [-0.1, -0.05) is 23.5 Å². The average molecular weight is 413 g/mol. The minimum Gasteiger partial charge on any atom is -0.336 e. The first-order chi connectivity index (χ1) is 12.7. The van der Waals surface area contributed by atoms with Crippen LogP contribution in [0.1, 0.15) is 30.0 Å². The molecule has 146 valence electrons. The van der Waals surface area contributed by atoms with Crippen LogP contribution in [-0.4, -0.2) is 36.3 Å². The lowest BCUT2D eigenvalue weighted by Crippen LogP contribution is -2.36. The Morgan fingerprint density at radius 3 is 2.89 bits per heavy atom. The minimum atomic E-state index is -3.58. The third-order valence-electron chi connectivity index (χ3n) is 3.97. The Morgan fingerprint density at radius 1 is 1.41 bits per heavy atom. The van der Waals surface area contributed by atoms with E-state index in [0.717, 1.165) is 10.6 Å². The number of nitrogens with one attached hydrogen (secondary N) is 2. The van der Waals surface area contributed by atoms with Gasteiger partial charge in [-0.05, 0) is 31.5 Å². The molecule has 2 heterocycles. The number of sulfonamides is 1. The van der Waals surface area contributed by atoms with Crippen molar-refractivity contribution >= 4 is 32.5 Å². The molecule has 7 nitrogen and oxygen atoms in total. The summed E-state index contributed by atoms with van der Waals surface area (Å²) in [5, 5.41) is 5.84. The molecule has 0 unspecified atom stereocenters. The molecule has 0 radical (unpaired) electrons. The zero-order valence-corrected chi connectivity index (χ0v) is 16.7. The molecule has 0 saturated heterocycles. The molecular weight excluding hydrogens is 391 g/mol. The van der Waals surface area contributed by atoms with Crippen molar-refractivity contribution in [2.24, 2.45) is 0 Å². The van der Waals surface area contributed by atoms with Crippen molar-refractivity contribution in [3.63, 3.8) is 0 Å². The quantitative estimate of drug-likeness (QED) is 0.790. The number of fused-ring (bicyclic) bond motifs is 1. The number of urea groups is 1. The number of nitrogens with zero attached hydrogens (tertiary/aromatic N) is 2. The number of rotatable bonds is 5. The number of halogens is 1. The van der Waals surface area contributed by atoms with Crippen LogP contribution >= 0.6 is 11.3 Å². The molecule has 27 heavy (non-hydrogen) atoms. The first kappa shape index (κ1) is 19.7. The summed E-state index contributed by atoms with van der Waals surface area (Å²) in [6.07, 6.45) is 0.474. The number of carbonyl (C=O) groups excluding carboxylic acids is 1. The molecule has 0 aliphatic carbocycles. The average Bonchev–Trinajstić information content (AvgIpc) is 2.94. The Morgan fingerprint density at radius 2 is 2.19 bits per heavy atom. The normalized spacial score (nSPS) is 14.8. The molecule has 0 bridgehead atoms. The van der Waals surface area contributed by atoms with Crippen LogP contribution in [0, 0.1) is 5.82 Å². The number of benzene rings is 1. The lowest BCUT2D eigenvalue weighted by atomic mass is 10.2. The van der Waals surface area contributed by atoms with E-state index >= 15 is 0 Å². The molecule has 0 spiro atoms. The Kier molecular flexibility index (Phi) is 5.78. The first-order valence-corrected chi connectivity index (χ1v) is 10.9. The molecule has 1 aliphatic heterocycles. The Hall–Kier alpha value is -2.04. The zero-order valence-electron chi connectivity index (χ0n) is 15.0. The van der Waals surface area contributed by atoms with E-state index in [0.29, 0.717) is 23.7 Å². The maximum Gasteiger partial charge on any atom is 0.321 e. The molecule has 0 fully saturated rings. The molecule has 2 aromatic rings. The van der Waals surface area contributed by atoms with Gasteiger partial charge in [0.05, 0.1) is 11.4 Å². The first-order valence-electron chi connectivity index (χ1n) is 8.51. The SMILES string of the molecule is CC(C)NC(=O)Nc1nc2c(s1)CN(S(=O)(=O)Cc1cccc(F)c1)CC2. The summed E-state index contributed by atoms with van der Waals surface area (Å²) < 4.78 is 40.1. The smallest absolute Gasteiger partial charge is 0.321 e. The van der Waals surface area contributed by atoms with Gasteiger partial charge < -0.3 is 5.32 Å². The Balaban J connectivity index is 1.69. The predicted molar refractivity (Wildman–Crippen MR) is 103 cm³/mol. The van der Waals surface area contributed by atoms with Crippen molar-refractivity contribution in [3.05, 3.63) is 46.2 Å². The summed E-state index contributed by atoms with van der Waals surface area (Å²) >= 11 is 1.27. The topological polar surface area (TPSA) is 91.4 Å². The van der Waals surface area contributed by atoms with Crippen molar-refractivity contribution in [3.8, 4) is 0 Å². The van der Waals surface area contributed by atoms with Gasteiger partial charge in [0.2, 0.25) is 10.0 Å². The monoisotopic (exact) mass is 412 g/mol. The van der Waals surface area contributed by atoms with E-state index in [2.05, 4.69) is 15.6 Å². The molecular formula is C17H21FN4O3S2. The predicted octanol–water partition coefficient (Wildman–Crippen LogP) is 2.70. The fraction of sp³-hybridized carbons (Fsp3) is 0.412. The summed E-state index contributed by atoms with van der Waals surface area (Å²) in [5.74, 6) is -0.706. The van der Waals surface area contributed by atoms with Gasteiger partial charge in [0, 0.05) is 30.4 Å². The maximum atomic E-state index is 13.3. The number of aromatic nitrogens is 1. The summed E-state index contributed by atoms with van der Waals surface area (Å²) in [6, 6.07) is 5.27. The van der Waals surface area contributed by atoms with Gasteiger partial charge >= 0.3 is 6.03 Å². The van der Waals surface area contributed by atoms with Crippen molar-refractivity contribution in [1.29, 1.82) is 0 Å². The van der Waals surface area contributed by atoms with Crippen LogP contribution < -0.4 is 10.6 Å². The van der Waals surface area contributed by atoms with Gasteiger partial charge in [-0.3, -0.25) is 5.32 Å². The van der Waals surface area contributed by atoms with Crippen molar-refractivity contribution in [1.82, 2.24) is 14.6 Å². The summed E-state index contributed by atoms with van der Waals surface area (Å²) in [5.41, 5.74) is 1.22. The highest BCUT2D eigenvalue weighted by atomic mass is 32.2. The molecule has 2 amide bonds. The molecule has 3 rings (SSSR count). The van der Waals surface area contributed by atoms with Crippen LogP contribution in [0.3, 0.4) is 0 Å². The lowest BCUT2D eigenvalue weighted by Gasteiger charge is -2.25. The van der Waals surface area contributed by atoms with Gasteiger partial charge in [0.1, 0.15) is 5.82 Å². The van der Waals surface area contributed by atoms with Crippen LogP contribution in [0.25, 0.3) is 0 Å². The van der Waals surface area contributed by atoms with Crippen LogP contribution in [0.4, 0.5) is 14.3 Å². The highest BCUT2D eigenvalue weighted by Crippen LogP contribution is 2.30. The molecule has 1 aromatic heterocycles. The minimum absolute atomic E-state index is 0.00282. The molecule has 0 saturated carbocycles. The van der Waals surface area contributed by atoms with Gasteiger partial charge in [0.25, 0.3) is 0 Å². The number of carbonyl (C=O) groups is 1. The second-order valence-corrected chi connectivity index (χ2v) is 9.66. The standard InChI is InChI=1S/C17H21FN4O3S2/c1-11(2)19-16(23)21-17-20-14-6-7-22(9-15(14)26-17)27(24,25)10-12-4-3-5-13(18)8-12/h3-5,8,11H,6-7,9-10H2,1-2H3,(H2,19,20,21,23). The number of anilines is 1.